The van der Waals surface area contributed by atoms with Crippen molar-refractivity contribution in [2.45, 2.75) is 17.4 Å². The second-order valence-electron chi connectivity index (χ2n) is 8.23. The van der Waals surface area contributed by atoms with Gasteiger partial charge in [0.2, 0.25) is 15.9 Å². The lowest BCUT2D eigenvalue weighted by atomic mass is 9.99. The van der Waals surface area contributed by atoms with Crippen molar-refractivity contribution in [2.75, 3.05) is 46.9 Å². The van der Waals surface area contributed by atoms with Crippen molar-refractivity contribution in [1.82, 2.24) is 19.4 Å². The second-order valence-corrected chi connectivity index (χ2v) is 10.2. The van der Waals surface area contributed by atoms with Gasteiger partial charge in [-0.1, -0.05) is 0 Å². The first-order chi connectivity index (χ1) is 16.6. The molecule has 1 aromatic heterocycles. The van der Waals surface area contributed by atoms with E-state index in [9.17, 15) is 22.8 Å². The molecule has 0 bridgehead atoms. The third-order valence-electron chi connectivity index (χ3n) is 6.17. The fourth-order valence-corrected chi connectivity index (χ4v) is 5.55. The van der Waals surface area contributed by atoms with Gasteiger partial charge < -0.3 is 24.1 Å². The molecule has 1 atom stereocenters. The fraction of sp³-hybridized carbons (Fsp3) is 0.409. The highest BCUT2D eigenvalue weighted by molar-refractivity contribution is 7.89. The number of nitrogens with zero attached hydrogens (tertiary/aromatic N) is 3. The Morgan fingerprint density at radius 2 is 1.77 bits per heavy atom. The number of imide groups is 1. The number of methoxy groups -OCH3 is 2. The molecule has 0 saturated carbocycles. The van der Waals surface area contributed by atoms with Crippen molar-refractivity contribution in [3.05, 3.63) is 42.4 Å². The van der Waals surface area contributed by atoms with Gasteiger partial charge in [-0.05, 0) is 31.2 Å². The predicted molar refractivity (Wildman–Crippen MR) is 121 cm³/mol. The van der Waals surface area contributed by atoms with Gasteiger partial charge in [-0.15, -0.1) is 0 Å². The Morgan fingerprint density at radius 1 is 1.09 bits per heavy atom. The Labute approximate surface area is 202 Å². The van der Waals surface area contributed by atoms with Gasteiger partial charge in [-0.3, -0.25) is 14.5 Å². The van der Waals surface area contributed by atoms with Gasteiger partial charge in [-0.2, -0.15) is 4.31 Å². The maximum absolute atomic E-state index is 13.1. The summed E-state index contributed by atoms with van der Waals surface area (Å²) in [7, 11) is -0.953. The Balaban J connectivity index is 1.39. The molecule has 12 nitrogen and oxygen atoms in total. The Kier molecular flexibility index (Phi) is 6.47. The maximum Gasteiger partial charge on any atom is 0.325 e. The molecule has 1 N–H and O–H groups in total. The molecule has 35 heavy (non-hydrogen) atoms. The minimum Gasteiger partial charge on any atom is -0.493 e. The molecule has 2 fully saturated rings. The van der Waals surface area contributed by atoms with Crippen molar-refractivity contribution in [3.63, 3.8) is 0 Å². The fourth-order valence-electron chi connectivity index (χ4n) is 4.11. The Bertz CT molecular complexity index is 1240. The zero-order chi connectivity index (χ0) is 25.4. The van der Waals surface area contributed by atoms with Gasteiger partial charge in [0.1, 0.15) is 12.3 Å². The normalized spacial score (nSPS) is 21.2. The smallest absolute Gasteiger partial charge is 0.325 e. The van der Waals surface area contributed by atoms with Crippen LogP contribution in [0.3, 0.4) is 0 Å². The van der Waals surface area contributed by atoms with Crippen LogP contribution in [0.5, 0.6) is 11.5 Å². The monoisotopic (exact) mass is 506 g/mol. The molecule has 2 aliphatic rings. The molecule has 13 heteroatoms. The molecule has 0 unspecified atom stereocenters. The number of rotatable bonds is 7. The number of furan rings is 1. The van der Waals surface area contributed by atoms with E-state index in [0.29, 0.717) is 5.75 Å². The molecule has 0 radical (unpaired) electrons. The molecule has 4 rings (SSSR count). The zero-order valence-electron chi connectivity index (χ0n) is 19.5. The number of carbonyl (C=O) groups is 3. The Hall–Kier alpha value is -3.58. The van der Waals surface area contributed by atoms with E-state index in [0.717, 1.165) is 4.90 Å². The molecule has 4 amide bonds. The van der Waals surface area contributed by atoms with E-state index in [-0.39, 0.29) is 42.6 Å². The van der Waals surface area contributed by atoms with E-state index in [4.69, 9.17) is 13.9 Å². The number of carbonyl (C=O) groups excluding carboxylic acids is 3. The summed E-state index contributed by atoms with van der Waals surface area (Å²) in [5.41, 5.74) is -1.40. The van der Waals surface area contributed by atoms with Crippen LogP contribution >= 0.6 is 0 Å². The number of sulfonamides is 1. The van der Waals surface area contributed by atoms with E-state index in [1.165, 1.54) is 54.8 Å². The lowest BCUT2D eigenvalue weighted by molar-refractivity contribution is -0.139. The van der Waals surface area contributed by atoms with Crippen LogP contribution in [0.15, 0.2) is 45.9 Å². The molecule has 1 aromatic carbocycles. The number of hydrogen-bond acceptors (Lipinski definition) is 8. The zero-order valence-corrected chi connectivity index (χ0v) is 20.3. The minimum atomic E-state index is -3.83. The number of hydrogen-bond donors (Lipinski definition) is 1. The van der Waals surface area contributed by atoms with Crippen LogP contribution in [0.2, 0.25) is 0 Å². The quantitative estimate of drug-likeness (QED) is 0.539. The van der Waals surface area contributed by atoms with E-state index >= 15 is 0 Å². The minimum absolute atomic E-state index is 0.0477. The molecule has 2 aliphatic heterocycles. The molecule has 2 aromatic rings. The van der Waals surface area contributed by atoms with E-state index in [1.54, 1.807) is 12.1 Å². The largest absolute Gasteiger partial charge is 0.493 e. The molecule has 0 aliphatic carbocycles. The van der Waals surface area contributed by atoms with Crippen LogP contribution < -0.4 is 14.8 Å². The summed E-state index contributed by atoms with van der Waals surface area (Å²) < 4.78 is 43.1. The number of piperazine rings is 1. The summed E-state index contributed by atoms with van der Waals surface area (Å²) in [6.45, 7) is 1.41. The number of nitrogens with one attached hydrogen (secondary N) is 1. The number of benzene rings is 1. The summed E-state index contributed by atoms with van der Waals surface area (Å²) in [5, 5.41) is 2.57. The highest BCUT2D eigenvalue weighted by atomic mass is 32.2. The first-order valence-electron chi connectivity index (χ1n) is 10.8. The van der Waals surface area contributed by atoms with Gasteiger partial charge in [-0.25, -0.2) is 13.2 Å². The average Bonchev–Trinajstić information content (AvgIpc) is 3.48. The van der Waals surface area contributed by atoms with Crippen molar-refractivity contribution < 1.29 is 36.7 Å². The van der Waals surface area contributed by atoms with Gasteiger partial charge >= 0.3 is 6.03 Å². The van der Waals surface area contributed by atoms with Gasteiger partial charge in [0, 0.05) is 32.2 Å². The van der Waals surface area contributed by atoms with Crippen molar-refractivity contribution in [2.24, 2.45) is 0 Å². The van der Waals surface area contributed by atoms with Crippen LogP contribution in [0.1, 0.15) is 12.7 Å². The number of ether oxygens (including phenoxy) is 2. The summed E-state index contributed by atoms with van der Waals surface area (Å²) in [5.74, 6) is -0.0939. The van der Waals surface area contributed by atoms with Crippen LogP contribution in [-0.2, 0) is 25.2 Å². The molecular formula is C22H26N4O8S. The first-order valence-corrected chi connectivity index (χ1v) is 12.2. The number of urea groups is 1. The highest BCUT2D eigenvalue weighted by Crippen LogP contribution is 2.31. The topological polar surface area (TPSA) is 139 Å². The Morgan fingerprint density at radius 3 is 2.37 bits per heavy atom. The molecule has 3 heterocycles. The van der Waals surface area contributed by atoms with Crippen LogP contribution in [0, 0.1) is 0 Å². The lowest BCUT2D eigenvalue weighted by Gasteiger charge is -2.34. The van der Waals surface area contributed by atoms with E-state index < -0.39 is 40.0 Å². The number of amides is 4. The van der Waals surface area contributed by atoms with Crippen LogP contribution in [0.4, 0.5) is 4.79 Å². The van der Waals surface area contributed by atoms with Gasteiger partial charge in [0.05, 0.1) is 25.4 Å². The first kappa shape index (κ1) is 24.5. The predicted octanol–water partition coefficient (Wildman–Crippen LogP) is 0.597. The molecule has 2 saturated heterocycles. The maximum atomic E-state index is 13.1. The summed E-state index contributed by atoms with van der Waals surface area (Å²) in [6, 6.07) is 6.81. The molecule has 0 spiro atoms. The second kappa shape index (κ2) is 9.23. The van der Waals surface area contributed by atoms with Gasteiger partial charge in [0.25, 0.3) is 5.91 Å². The van der Waals surface area contributed by atoms with Crippen LogP contribution in [0.25, 0.3) is 0 Å². The third-order valence-corrected chi connectivity index (χ3v) is 8.06. The summed E-state index contributed by atoms with van der Waals surface area (Å²) in [6.07, 6.45) is 1.39. The van der Waals surface area contributed by atoms with E-state index in [2.05, 4.69) is 5.32 Å². The van der Waals surface area contributed by atoms with Gasteiger partial charge in [0.15, 0.2) is 17.0 Å². The van der Waals surface area contributed by atoms with E-state index in [1.807, 2.05) is 0 Å². The third kappa shape index (κ3) is 4.32. The molecular weight excluding hydrogens is 480 g/mol. The van der Waals surface area contributed by atoms with Crippen molar-refractivity contribution in [1.29, 1.82) is 0 Å². The summed E-state index contributed by atoms with van der Waals surface area (Å²) >= 11 is 0. The lowest BCUT2D eigenvalue weighted by Crippen LogP contribution is -2.53. The molecule has 188 valence electrons. The average molecular weight is 507 g/mol. The van der Waals surface area contributed by atoms with Crippen molar-refractivity contribution in [3.8, 4) is 11.5 Å². The standard InChI is InChI=1S/C22H26N4O8S/c1-22(18-5-4-12-34-18)20(28)26(21(29)23-22)14-19(27)24-8-10-25(11-9-24)35(30,31)15-6-7-16(32-2)17(13-15)33-3/h4-7,12-13H,8-11,14H2,1-3H3,(H,23,29)/t22-/m1/s1. The summed E-state index contributed by atoms with van der Waals surface area (Å²) in [4.78, 5) is 40.5. The SMILES string of the molecule is COc1ccc(S(=O)(=O)N2CCN(C(=O)CN3C(=O)N[C@](C)(c4ccco4)C3=O)CC2)cc1OC. The van der Waals surface area contributed by atoms with Crippen LogP contribution in [-0.4, -0.2) is 87.3 Å². The highest BCUT2D eigenvalue weighted by Gasteiger charge is 2.51. The van der Waals surface area contributed by atoms with Crippen molar-refractivity contribution >= 4 is 27.9 Å².